The second kappa shape index (κ2) is 5.63. The fourth-order valence-corrected chi connectivity index (χ4v) is 1.22. The van der Waals surface area contributed by atoms with E-state index in [1.165, 1.54) is 0 Å². The van der Waals surface area contributed by atoms with E-state index in [1.54, 1.807) is 0 Å². The minimum absolute atomic E-state index is 0.107. The monoisotopic (exact) mass is 211 g/mol. The Morgan fingerprint density at radius 3 is 2.67 bits per heavy atom. The van der Waals surface area contributed by atoms with Gasteiger partial charge in [-0.05, 0) is 19.4 Å². The highest BCUT2D eigenvalue weighted by Gasteiger charge is 2.10. The van der Waals surface area contributed by atoms with E-state index in [-0.39, 0.29) is 6.61 Å². The molecule has 0 amide bonds. The van der Waals surface area contributed by atoms with E-state index in [4.69, 9.17) is 15.6 Å². The fourth-order valence-electron chi connectivity index (χ4n) is 1.22. The largest absolute Gasteiger partial charge is 0.476 e. The Hall–Kier alpha value is -1.20. The summed E-state index contributed by atoms with van der Waals surface area (Å²) in [6.07, 6.45) is 0.582. The van der Waals surface area contributed by atoms with E-state index in [2.05, 4.69) is 10.2 Å². The number of aliphatic hydroxyl groups excluding tert-OH is 1. The Labute approximate surface area is 89.3 Å². The molecule has 0 saturated heterocycles. The van der Waals surface area contributed by atoms with Crippen molar-refractivity contribution in [2.24, 2.45) is 5.73 Å². The van der Waals surface area contributed by atoms with Crippen LogP contribution in [0.25, 0.3) is 0 Å². The molecule has 1 rings (SSSR count). The molecule has 0 spiro atoms. The Morgan fingerprint density at radius 1 is 1.33 bits per heavy atom. The molecule has 0 aromatic carbocycles. The number of nitrogens with zero attached hydrogens (tertiary/aromatic N) is 2. The lowest BCUT2D eigenvalue weighted by molar-refractivity contribution is 0.226. The Balaban J connectivity index is 2.83. The number of rotatable bonds is 5. The van der Waals surface area contributed by atoms with Crippen LogP contribution in [-0.2, 0) is 6.54 Å². The standard InChI is InChI=1S/C10H17N3O2/c1-7-8(2)12-13-10(9(7)6-11)15-5-3-4-14/h14H,3-6,11H2,1-2H3. The van der Waals surface area contributed by atoms with Crippen molar-refractivity contribution in [1.82, 2.24) is 10.2 Å². The molecule has 84 valence electrons. The van der Waals surface area contributed by atoms with Gasteiger partial charge in [-0.1, -0.05) is 0 Å². The molecule has 1 aromatic rings. The molecule has 0 saturated carbocycles. The van der Waals surface area contributed by atoms with Crippen molar-refractivity contribution in [3.63, 3.8) is 0 Å². The summed E-state index contributed by atoms with van der Waals surface area (Å²) in [6, 6.07) is 0. The molecular weight excluding hydrogens is 194 g/mol. The van der Waals surface area contributed by atoms with Crippen LogP contribution in [0.3, 0.4) is 0 Å². The van der Waals surface area contributed by atoms with Crippen molar-refractivity contribution < 1.29 is 9.84 Å². The van der Waals surface area contributed by atoms with Gasteiger partial charge in [-0.3, -0.25) is 0 Å². The SMILES string of the molecule is Cc1nnc(OCCCO)c(CN)c1C. The van der Waals surface area contributed by atoms with Gasteiger partial charge in [-0.25, -0.2) is 0 Å². The predicted molar refractivity (Wildman–Crippen MR) is 56.6 cm³/mol. The second-order valence-corrected chi connectivity index (χ2v) is 3.32. The molecular formula is C10H17N3O2. The summed E-state index contributed by atoms with van der Waals surface area (Å²) in [6.45, 7) is 4.76. The van der Waals surface area contributed by atoms with Crippen molar-refractivity contribution in [2.75, 3.05) is 13.2 Å². The molecule has 0 aliphatic carbocycles. The predicted octanol–water partition coefficient (Wildman–Crippen LogP) is 0.313. The summed E-state index contributed by atoms with van der Waals surface area (Å²) in [5.74, 6) is 0.481. The van der Waals surface area contributed by atoms with Crippen LogP contribution in [0.5, 0.6) is 5.88 Å². The first-order valence-electron chi connectivity index (χ1n) is 4.97. The highest BCUT2D eigenvalue weighted by Crippen LogP contribution is 2.19. The molecule has 5 nitrogen and oxygen atoms in total. The van der Waals surface area contributed by atoms with Crippen molar-refractivity contribution in [2.45, 2.75) is 26.8 Å². The molecule has 3 N–H and O–H groups in total. The van der Waals surface area contributed by atoms with Crippen molar-refractivity contribution in [3.05, 3.63) is 16.8 Å². The lowest BCUT2D eigenvalue weighted by Crippen LogP contribution is -2.10. The summed E-state index contributed by atoms with van der Waals surface area (Å²) in [5, 5.41) is 16.5. The zero-order chi connectivity index (χ0) is 11.3. The number of aromatic nitrogens is 2. The summed E-state index contributed by atoms with van der Waals surface area (Å²) < 4.78 is 5.39. The first-order chi connectivity index (χ1) is 7.20. The third kappa shape index (κ3) is 2.87. The first kappa shape index (κ1) is 11.9. The van der Waals surface area contributed by atoms with Crippen molar-refractivity contribution >= 4 is 0 Å². The van der Waals surface area contributed by atoms with E-state index in [9.17, 15) is 0 Å². The van der Waals surface area contributed by atoms with Gasteiger partial charge in [0.15, 0.2) is 0 Å². The molecule has 0 unspecified atom stereocenters. The quantitative estimate of drug-likeness (QED) is 0.685. The topological polar surface area (TPSA) is 81.3 Å². The minimum atomic E-state index is 0.107. The third-order valence-electron chi connectivity index (χ3n) is 2.29. The number of aliphatic hydroxyl groups is 1. The Kier molecular flexibility index (Phi) is 4.45. The zero-order valence-electron chi connectivity index (χ0n) is 9.16. The van der Waals surface area contributed by atoms with E-state index in [1.807, 2.05) is 13.8 Å². The van der Waals surface area contributed by atoms with Crippen molar-refractivity contribution in [1.29, 1.82) is 0 Å². The first-order valence-corrected chi connectivity index (χ1v) is 4.97. The van der Waals surface area contributed by atoms with Crippen LogP contribution in [-0.4, -0.2) is 28.5 Å². The zero-order valence-corrected chi connectivity index (χ0v) is 9.16. The smallest absolute Gasteiger partial charge is 0.238 e. The maximum absolute atomic E-state index is 8.63. The number of hydrogen-bond acceptors (Lipinski definition) is 5. The number of aryl methyl sites for hydroxylation is 1. The molecule has 5 heteroatoms. The van der Waals surface area contributed by atoms with Gasteiger partial charge in [0.1, 0.15) is 0 Å². The second-order valence-electron chi connectivity index (χ2n) is 3.32. The van der Waals surface area contributed by atoms with Gasteiger partial charge in [0, 0.05) is 25.1 Å². The highest BCUT2D eigenvalue weighted by atomic mass is 16.5. The van der Waals surface area contributed by atoms with E-state index >= 15 is 0 Å². The number of hydrogen-bond donors (Lipinski definition) is 2. The van der Waals surface area contributed by atoms with Crippen LogP contribution >= 0.6 is 0 Å². The maximum atomic E-state index is 8.63. The van der Waals surface area contributed by atoms with Crippen LogP contribution in [0, 0.1) is 13.8 Å². The lowest BCUT2D eigenvalue weighted by atomic mass is 10.1. The molecule has 0 aliphatic heterocycles. The highest BCUT2D eigenvalue weighted by molar-refractivity contribution is 5.34. The average Bonchev–Trinajstić information content (AvgIpc) is 2.24. The summed E-state index contributed by atoms with van der Waals surface area (Å²) in [5.41, 5.74) is 8.40. The molecule has 0 radical (unpaired) electrons. The van der Waals surface area contributed by atoms with Crippen LogP contribution < -0.4 is 10.5 Å². The molecule has 0 fully saturated rings. The molecule has 0 atom stereocenters. The molecule has 1 aromatic heterocycles. The van der Waals surface area contributed by atoms with Crippen LogP contribution in [0.2, 0.25) is 0 Å². The average molecular weight is 211 g/mol. The van der Waals surface area contributed by atoms with Gasteiger partial charge in [0.25, 0.3) is 0 Å². The van der Waals surface area contributed by atoms with Gasteiger partial charge >= 0.3 is 0 Å². The van der Waals surface area contributed by atoms with E-state index in [0.717, 1.165) is 16.8 Å². The van der Waals surface area contributed by atoms with E-state index < -0.39 is 0 Å². The lowest BCUT2D eigenvalue weighted by Gasteiger charge is -2.11. The van der Waals surface area contributed by atoms with Gasteiger partial charge in [-0.2, -0.15) is 5.10 Å². The summed E-state index contributed by atoms with van der Waals surface area (Å²) >= 11 is 0. The van der Waals surface area contributed by atoms with Gasteiger partial charge in [0.2, 0.25) is 5.88 Å². The molecule has 1 heterocycles. The molecule has 0 bridgehead atoms. The third-order valence-corrected chi connectivity index (χ3v) is 2.29. The van der Waals surface area contributed by atoms with Crippen LogP contribution in [0.1, 0.15) is 23.2 Å². The molecule has 15 heavy (non-hydrogen) atoms. The maximum Gasteiger partial charge on any atom is 0.238 e. The number of ether oxygens (including phenoxy) is 1. The Morgan fingerprint density at radius 2 is 2.07 bits per heavy atom. The Bertz CT molecular complexity index is 329. The number of nitrogens with two attached hydrogens (primary N) is 1. The van der Waals surface area contributed by atoms with Crippen LogP contribution in [0.15, 0.2) is 0 Å². The van der Waals surface area contributed by atoms with Gasteiger partial charge in [-0.15, -0.1) is 5.10 Å². The van der Waals surface area contributed by atoms with Gasteiger partial charge in [0.05, 0.1) is 12.3 Å². The fraction of sp³-hybridized carbons (Fsp3) is 0.600. The van der Waals surface area contributed by atoms with Crippen LogP contribution in [0.4, 0.5) is 0 Å². The van der Waals surface area contributed by atoms with E-state index in [0.29, 0.717) is 25.5 Å². The molecule has 0 aliphatic rings. The summed E-state index contributed by atoms with van der Waals surface area (Å²) in [7, 11) is 0. The summed E-state index contributed by atoms with van der Waals surface area (Å²) in [4.78, 5) is 0. The minimum Gasteiger partial charge on any atom is -0.476 e. The van der Waals surface area contributed by atoms with Gasteiger partial charge < -0.3 is 15.6 Å². The normalized spacial score (nSPS) is 10.4. The van der Waals surface area contributed by atoms with Crippen molar-refractivity contribution in [3.8, 4) is 5.88 Å².